The number of aromatic nitrogens is 2. The van der Waals surface area contributed by atoms with Gasteiger partial charge in [-0.25, -0.2) is 9.97 Å². The summed E-state index contributed by atoms with van der Waals surface area (Å²) in [4.78, 5) is 8.88. The van der Waals surface area contributed by atoms with Crippen LogP contribution in [0.3, 0.4) is 0 Å². The SMILES string of the molecule is COc1ccc(Cl)cc1-c1cc(N)nc(C2CC2)n1. The van der Waals surface area contributed by atoms with Gasteiger partial charge >= 0.3 is 0 Å². The number of nitrogens with zero attached hydrogens (tertiary/aromatic N) is 2. The van der Waals surface area contributed by atoms with E-state index in [2.05, 4.69) is 9.97 Å². The highest BCUT2D eigenvalue weighted by Gasteiger charge is 2.27. The zero-order chi connectivity index (χ0) is 13.4. The predicted octanol–water partition coefficient (Wildman–Crippen LogP) is 3.27. The zero-order valence-corrected chi connectivity index (χ0v) is 11.3. The minimum atomic E-state index is 0.451. The van der Waals surface area contributed by atoms with Gasteiger partial charge in [-0.3, -0.25) is 0 Å². The lowest BCUT2D eigenvalue weighted by atomic mass is 10.1. The summed E-state index contributed by atoms with van der Waals surface area (Å²) in [6.07, 6.45) is 2.27. The molecule has 2 aromatic rings. The Labute approximate surface area is 116 Å². The number of ether oxygens (including phenoxy) is 1. The fourth-order valence-corrected chi connectivity index (χ4v) is 2.20. The van der Waals surface area contributed by atoms with Crippen molar-refractivity contribution < 1.29 is 4.74 Å². The van der Waals surface area contributed by atoms with Crippen LogP contribution >= 0.6 is 11.6 Å². The first-order chi connectivity index (χ1) is 9.17. The van der Waals surface area contributed by atoms with Crippen LogP contribution in [0.5, 0.6) is 5.75 Å². The molecule has 1 fully saturated rings. The van der Waals surface area contributed by atoms with E-state index >= 15 is 0 Å². The maximum atomic E-state index is 6.05. The van der Waals surface area contributed by atoms with Crippen LogP contribution in [-0.4, -0.2) is 17.1 Å². The Bertz CT molecular complexity index is 626. The number of nitrogen functional groups attached to an aromatic ring is 1. The Balaban J connectivity index is 2.12. The quantitative estimate of drug-likeness (QED) is 0.934. The van der Waals surface area contributed by atoms with Gasteiger partial charge in [0.15, 0.2) is 0 Å². The minimum Gasteiger partial charge on any atom is -0.496 e. The zero-order valence-electron chi connectivity index (χ0n) is 10.6. The standard InChI is InChI=1S/C14H14ClN3O/c1-19-12-5-4-9(15)6-10(12)11-7-13(16)18-14(17-11)8-2-3-8/h4-8H,2-3H2,1H3,(H2,16,17,18). The highest BCUT2D eigenvalue weighted by Crippen LogP contribution is 2.40. The van der Waals surface area contributed by atoms with Crippen molar-refractivity contribution in [2.24, 2.45) is 0 Å². The van der Waals surface area contributed by atoms with Crippen molar-refractivity contribution >= 4 is 17.4 Å². The number of nitrogens with two attached hydrogens (primary N) is 1. The third-order valence-corrected chi connectivity index (χ3v) is 3.38. The van der Waals surface area contributed by atoms with Gasteiger partial charge in [0.1, 0.15) is 17.4 Å². The van der Waals surface area contributed by atoms with Gasteiger partial charge < -0.3 is 10.5 Å². The largest absolute Gasteiger partial charge is 0.496 e. The molecule has 0 radical (unpaired) electrons. The number of halogens is 1. The molecule has 98 valence electrons. The maximum absolute atomic E-state index is 6.05. The summed E-state index contributed by atoms with van der Waals surface area (Å²) in [6.45, 7) is 0. The van der Waals surface area contributed by atoms with Crippen molar-refractivity contribution in [3.8, 4) is 17.0 Å². The molecule has 1 saturated carbocycles. The third-order valence-electron chi connectivity index (χ3n) is 3.14. The molecular formula is C14H14ClN3O. The third kappa shape index (κ3) is 2.49. The number of hydrogen-bond acceptors (Lipinski definition) is 4. The van der Waals surface area contributed by atoms with E-state index in [1.54, 1.807) is 19.2 Å². The minimum absolute atomic E-state index is 0.451. The summed E-state index contributed by atoms with van der Waals surface area (Å²) < 4.78 is 5.35. The highest BCUT2D eigenvalue weighted by atomic mass is 35.5. The Hall–Kier alpha value is -1.81. The number of rotatable bonds is 3. The first-order valence-corrected chi connectivity index (χ1v) is 6.53. The summed E-state index contributed by atoms with van der Waals surface area (Å²) in [5.74, 6) is 2.47. The molecule has 1 aromatic heterocycles. The van der Waals surface area contributed by atoms with Gasteiger partial charge in [0.2, 0.25) is 0 Å². The molecule has 4 nitrogen and oxygen atoms in total. The van der Waals surface area contributed by atoms with E-state index in [1.165, 1.54) is 0 Å². The molecule has 1 heterocycles. The molecule has 3 rings (SSSR count). The molecule has 0 bridgehead atoms. The second kappa shape index (κ2) is 4.70. The predicted molar refractivity (Wildman–Crippen MR) is 75.4 cm³/mol. The van der Waals surface area contributed by atoms with E-state index in [4.69, 9.17) is 22.1 Å². The summed E-state index contributed by atoms with van der Waals surface area (Å²) in [7, 11) is 1.62. The van der Waals surface area contributed by atoms with Crippen molar-refractivity contribution in [1.82, 2.24) is 9.97 Å². The number of benzene rings is 1. The second-order valence-electron chi connectivity index (χ2n) is 4.66. The lowest BCUT2D eigenvalue weighted by Gasteiger charge is -2.10. The molecule has 5 heteroatoms. The van der Waals surface area contributed by atoms with Gasteiger partial charge in [0, 0.05) is 22.6 Å². The average molecular weight is 276 g/mol. The Kier molecular flexibility index (Phi) is 3.03. The fraction of sp³-hybridized carbons (Fsp3) is 0.286. The van der Waals surface area contributed by atoms with Crippen LogP contribution in [0.25, 0.3) is 11.3 Å². The van der Waals surface area contributed by atoms with Crippen molar-refractivity contribution in [2.75, 3.05) is 12.8 Å². The average Bonchev–Trinajstić information content (AvgIpc) is 3.22. The molecule has 0 aliphatic heterocycles. The monoisotopic (exact) mass is 275 g/mol. The molecule has 2 N–H and O–H groups in total. The van der Waals surface area contributed by atoms with Gasteiger partial charge in [-0.1, -0.05) is 11.6 Å². The maximum Gasteiger partial charge on any atom is 0.134 e. The summed E-state index contributed by atoms with van der Waals surface area (Å²) >= 11 is 6.05. The van der Waals surface area contributed by atoms with Crippen LogP contribution in [0.2, 0.25) is 5.02 Å². The molecule has 1 aromatic carbocycles. The van der Waals surface area contributed by atoms with Crippen LogP contribution in [0.4, 0.5) is 5.82 Å². The molecule has 0 saturated heterocycles. The molecular weight excluding hydrogens is 262 g/mol. The molecule has 19 heavy (non-hydrogen) atoms. The van der Waals surface area contributed by atoms with Gasteiger partial charge in [-0.05, 0) is 31.0 Å². The molecule has 1 aliphatic rings. The first-order valence-electron chi connectivity index (χ1n) is 6.16. The molecule has 0 amide bonds. The van der Waals surface area contributed by atoms with Crippen molar-refractivity contribution in [1.29, 1.82) is 0 Å². The van der Waals surface area contributed by atoms with Crippen molar-refractivity contribution in [2.45, 2.75) is 18.8 Å². The normalized spacial score (nSPS) is 14.4. The van der Waals surface area contributed by atoms with Crippen LogP contribution in [0.1, 0.15) is 24.6 Å². The van der Waals surface area contributed by atoms with Gasteiger partial charge in [-0.15, -0.1) is 0 Å². The fourth-order valence-electron chi connectivity index (χ4n) is 2.03. The van der Waals surface area contributed by atoms with E-state index in [-0.39, 0.29) is 0 Å². The van der Waals surface area contributed by atoms with Crippen LogP contribution in [0, 0.1) is 0 Å². The van der Waals surface area contributed by atoms with E-state index in [0.717, 1.165) is 35.7 Å². The molecule has 0 atom stereocenters. The van der Waals surface area contributed by atoms with Crippen LogP contribution < -0.4 is 10.5 Å². The smallest absolute Gasteiger partial charge is 0.134 e. The van der Waals surface area contributed by atoms with E-state index in [0.29, 0.717) is 16.8 Å². The number of anilines is 1. The Morgan fingerprint density at radius 3 is 2.74 bits per heavy atom. The van der Waals surface area contributed by atoms with Crippen molar-refractivity contribution in [3.63, 3.8) is 0 Å². The van der Waals surface area contributed by atoms with E-state index < -0.39 is 0 Å². The second-order valence-corrected chi connectivity index (χ2v) is 5.09. The lowest BCUT2D eigenvalue weighted by molar-refractivity contribution is 0.416. The summed E-state index contributed by atoms with van der Waals surface area (Å²) in [5, 5.41) is 0.640. The Morgan fingerprint density at radius 1 is 1.26 bits per heavy atom. The van der Waals surface area contributed by atoms with E-state index in [9.17, 15) is 0 Å². The number of hydrogen-bond donors (Lipinski definition) is 1. The molecule has 0 unspecified atom stereocenters. The van der Waals surface area contributed by atoms with Gasteiger partial charge in [-0.2, -0.15) is 0 Å². The van der Waals surface area contributed by atoms with Crippen LogP contribution in [-0.2, 0) is 0 Å². The van der Waals surface area contributed by atoms with Crippen molar-refractivity contribution in [3.05, 3.63) is 35.1 Å². The van der Waals surface area contributed by atoms with Gasteiger partial charge in [0.25, 0.3) is 0 Å². The Morgan fingerprint density at radius 2 is 2.05 bits per heavy atom. The highest BCUT2D eigenvalue weighted by molar-refractivity contribution is 6.30. The van der Waals surface area contributed by atoms with Gasteiger partial charge in [0.05, 0.1) is 12.8 Å². The first kappa shape index (κ1) is 12.2. The van der Waals surface area contributed by atoms with E-state index in [1.807, 2.05) is 12.1 Å². The van der Waals surface area contributed by atoms with Crippen LogP contribution in [0.15, 0.2) is 24.3 Å². The summed E-state index contributed by atoms with van der Waals surface area (Å²) in [6, 6.07) is 7.20. The summed E-state index contributed by atoms with van der Waals surface area (Å²) in [5.41, 5.74) is 7.46. The lowest BCUT2D eigenvalue weighted by Crippen LogP contribution is -2.00. The topological polar surface area (TPSA) is 61.0 Å². The number of methoxy groups -OCH3 is 1. The molecule has 1 aliphatic carbocycles. The molecule has 0 spiro atoms.